The molecular weight excluding hydrogens is 308 g/mol. The summed E-state index contributed by atoms with van der Waals surface area (Å²) in [5.74, 6) is -0.119. The second kappa shape index (κ2) is 7.79. The minimum absolute atomic E-state index is 0.196. The maximum atomic E-state index is 13.2. The van der Waals surface area contributed by atoms with E-state index in [1.807, 2.05) is 24.3 Å². The summed E-state index contributed by atoms with van der Waals surface area (Å²) in [6, 6.07) is 12.4. The van der Waals surface area contributed by atoms with E-state index in [0.29, 0.717) is 5.02 Å². The van der Waals surface area contributed by atoms with Gasteiger partial charge in [-0.05, 0) is 42.3 Å². The van der Waals surface area contributed by atoms with Crippen LogP contribution in [0.3, 0.4) is 0 Å². The molecule has 2 rings (SSSR count). The van der Waals surface area contributed by atoms with Crippen molar-refractivity contribution in [2.75, 3.05) is 13.1 Å². The molecule has 0 aliphatic heterocycles. The van der Waals surface area contributed by atoms with Crippen LogP contribution in [0.25, 0.3) is 0 Å². The molecule has 1 unspecified atom stereocenters. The third-order valence-electron chi connectivity index (χ3n) is 3.47. The van der Waals surface area contributed by atoms with Gasteiger partial charge in [0.25, 0.3) is 0 Å². The average molecular weight is 326 g/mol. The van der Waals surface area contributed by atoms with Crippen LogP contribution in [0.2, 0.25) is 10.0 Å². The van der Waals surface area contributed by atoms with Gasteiger partial charge in [-0.3, -0.25) is 0 Å². The van der Waals surface area contributed by atoms with Crippen molar-refractivity contribution in [1.29, 1.82) is 0 Å². The second-order valence-electron chi connectivity index (χ2n) is 4.97. The SMILES string of the molecule is CCNCC(Cc1ccc(F)cc1Cl)c1ccccc1Cl. The lowest BCUT2D eigenvalue weighted by Gasteiger charge is -2.20. The van der Waals surface area contributed by atoms with E-state index in [-0.39, 0.29) is 11.7 Å². The first-order valence-electron chi connectivity index (χ1n) is 7.01. The molecule has 0 saturated carbocycles. The fourth-order valence-electron chi connectivity index (χ4n) is 2.37. The van der Waals surface area contributed by atoms with Gasteiger partial charge in [0.05, 0.1) is 0 Å². The van der Waals surface area contributed by atoms with Crippen molar-refractivity contribution in [3.05, 3.63) is 69.5 Å². The van der Waals surface area contributed by atoms with E-state index in [1.54, 1.807) is 6.07 Å². The van der Waals surface area contributed by atoms with Gasteiger partial charge in [-0.25, -0.2) is 4.39 Å². The van der Waals surface area contributed by atoms with Crippen LogP contribution in [-0.2, 0) is 6.42 Å². The molecule has 0 aromatic heterocycles. The Kier molecular flexibility index (Phi) is 6.04. The van der Waals surface area contributed by atoms with Crippen LogP contribution in [-0.4, -0.2) is 13.1 Å². The molecule has 0 radical (unpaired) electrons. The van der Waals surface area contributed by atoms with E-state index in [4.69, 9.17) is 23.2 Å². The molecule has 0 bridgehead atoms. The van der Waals surface area contributed by atoms with Crippen LogP contribution in [0.1, 0.15) is 24.0 Å². The van der Waals surface area contributed by atoms with Gasteiger partial charge in [-0.1, -0.05) is 54.4 Å². The van der Waals surface area contributed by atoms with Gasteiger partial charge in [0.1, 0.15) is 5.82 Å². The molecule has 2 aromatic carbocycles. The number of halogens is 3. The van der Waals surface area contributed by atoms with Crippen molar-refractivity contribution in [3.8, 4) is 0 Å². The molecule has 0 spiro atoms. The number of hydrogen-bond acceptors (Lipinski definition) is 1. The summed E-state index contributed by atoms with van der Waals surface area (Å²) in [5, 5.41) is 4.56. The average Bonchev–Trinajstić information content (AvgIpc) is 2.46. The lowest BCUT2D eigenvalue weighted by Crippen LogP contribution is -2.23. The number of benzene rings is 2. The highest BCUT2D eigenvalue weighted by atomic mass is 35.5. The Morgan fingerprint density at radius 3 is 2.52 bits per heavy atom. The van der Waals surface area contributed by atoms with Crippen LogP contribution in [0.4, 0.5) is 4.39 Å². The van der Waals surface area contributed by atoms with Crippen molar-refractivity contribution in [1.82, 2.24) is 5.32 Å². The van der Waals surface area contributed by atoms with Gasteiger partial charge < -0.3 is 5.32 Å². The van der Waals surface area contributed by atoms with E-state index in [9.17, 15) is 4.39 Å². The highest BCUT2D eigenvalue weighted by molar-refractivity contribution is 6.31. The molecule has 0 amide bonds. The minimum atomic E-state index is -0.315. The van der Waals surface area contributed by atoms with Gasteiger partial charge in [-0.15, -0.1) is 0 Å². The largest absolute Gasteiger partial charge is 0.316 e. The molecule has 1 N–H and O–H groups in total. The van der Waals surface area contributed by atoms with E-state index in [0.717, 1.165) is 35.7 Å². The van der Waals surface area contributed by atoms with Crippen molar-refractivity contribution in [2.24, 2.45) is 0 Å². The molecule has 112 valence electrons. The van der Waals surface area contributed by atoms with E-state index >= 15 is 0 Å². The zero-order valence-electron chi connectivity index (χ0n) is 11.9. The summed E-state index contributed by atoms with van der Waals surface area (Å²) in [7, 11) is 0. The molecule has 1 nitrogen and oxygen atoms in total. The summed E-state index contributed by atoms with van der Waals surface area (Å²) >= 11 is 12.4. The topological polar surface area (TPSA) is 12.0 Å². The molecule has 4 heteroatoms. The van der Waals surface area contributed by atoms with Crippen LogP contribution in [0.5, 0.6) is 0 Å². The quantitative estimate of drug-likeness (QED) is 0.782. The van der Waals surface area contributed by atoms with Gasteiger partial charge in [0.15, 0.2) is 0 Å². The molecule has 0 fully saturated rings. The summed E-state index contributed by atoms with van der Waals surface area (Å²) in [5.41, 5.74) is 2.02. The highest BCUT2D eigenvalue weighted by Crippen LogP contribution is 2.29. The summed E-state index contributed by atoms with van der Waals surface area (Å²) in [6.07, 6.45) is 0.718. The van der Waals surface area contributed by atoms with Crippen molar-refractivity contribution >= 4 is 23.2 Å². The van der Waals surface area contributed by atoms with Gasteiger partial charge in [-0.2, -0.15) is 0 Å². The monoisotopic (exact) mass is 325 g/mol. The fourth-order valence-corrected chi connectivity index (χ4v) is 2.90. The Hall–Kier alpha value is -1.09. The lowest BCUT2D eigenvalue weighted by atomic mass is 9.91. The third-order valence-corrected chi connectivity index (χ3v) is 4.16. The Balaban J connectivity index is 2.26. The van der Waals surface area contributed by atoms with E-state index in [2.05, 4.69) is 12.2 Å². The van der Waals surface area contributed by atoms with Crippen LogP contribution >= 0.6 is 23.2 Å². The number of likely N-dealkylation sites (N-methyl/N-ethyl adjacent to an activating group) is 1. The van der Waals surface area contributed by atoms with Crippen molar-refractivity contribution in [2.45, 2.75) is 19.3 Å². The molecular formula is C17H18Cl2FN. The Bertz CT molecular complexity index is 601. The number of nitrogens with one attached hydrogen (secondary N) is 1. The predicted molar refractivity (Wildman–Crippen MR) is 87.9 cm³/mol. The Labute approximate surface area is 135 Å². The zero-order valence-corrected chi connectivity index (χ0v) is 13.4. The number of rotatable bonds is 6. The predicted octanol–water partition coefficient (Wildman–Crippen LogP) is 5.07. The molecule has 0 aliphatic rings. The maximum Gasteiger partial charge on any atom is 0.124 e. The zero-order chi connectivity index (χ0) is 15.2. The summed E-state index contributed by atoms with van der Waals surface area (Å²) in [6.45, 7) is 3.75. The van der Waals surface area contributed by atoms with Crippen LogP contribution < -0.4 is 5.32 Å². The molecule has 0 aliphatic carbocycles. The summed E-state index contributed by atoms with van der Waals surface area (Å²) < 4.78 is 13.2. The smallest absolute Gasteiger partial charge is 0.124 e. The minimum Gasteiger partial charge on any atom is -0.316 e. The summed E-state index contributed by atoms with van der Waals surface area (Å²) in [4.78, 5) is 0. The molecule has 1 atom stereocenters. The Morgan fingerprint density at radius 1 is 1.10 bits per heavy atom. The van der Waals surface area contributed by atoms with E-state index in [1.165, 1.54) is 12.1 Å². The molecule has 0 saturated heterocycles. The highest BCUT2D eigenvalue weighted by Gasteiger charge is 2.16. The fraction of sp³-hybridized carbons (Fsp3) is 0.294. The van der Waals surface area contributed by atoms with Crippen LogP contribution in [0, 0.1) is 5.82 Å². The van der Waals surface area contributed by atoms with Gasteiger partial charge in [0, 0.05) is 22.5 Å². The van der Waals surface area contributed by atoms with Gasteiger partial charge in [0.2, 0.25) is 0 Å². The standard InChI is InChI=1S/C17H18Cl2FN/c1-2-21-11-13(15-5-3-4-6-16(15)18)9-12-7-8-14(20)10-17(12)19/h3-8,10,13,21H,2,9,11H2,1H3. The lowest BCUT2D eigenvalue weighted by molar-refractivity contribution is 0.592. The first-order valence-corrected chi connectivity index (χ1v) is 7.76. The Morgan fingerprint density at radius 2 is 1.86 bits per heavy atom. The van der Waals surface area contributed by atoms with E-state index < -0.39 is 0 Å². The number of hydrogen-bond donors (Lipinski definition) is 1. The van der Waals surface area contributed by atoms with Crippen LogP contribution in [0.15, 0.2) is 42.5 Å². The van der Waals surface area contributed by atoms with Gasteiger partial charge >= 0.3 is 0 Å². The second-order valence-corrected chi connectivity index (χ2v) is 5.78. The van der Waals surface area contributed by atoms with Crippen molar-refractivity contribution < 1.29 is 4.39 Å². The first kappa shape index (κ1) is 16.3. The molecule has 21 heavy (non-hydrogen) atoms. The molecule has 2 aromatic rings. The van der Waals surface area contributed by atoms with Crippen molar-refractivity contribution in [3.63, 3.8) is 0 Å². The molecule has 0 heterocycles. The normalized spacial score (nSPS) is 12.4. The third kappa shape index (κ3) is 4.44. The first-order chi connectivity index (χ1) is 10.1. The maximum absolute atomic E-state index is 13.2.